The Kier molecular flexibility index (Phi) is 4.38. The summed E-state index contributed by atoms with van der Waals surface area (Å²) in [6, 6.07) is 14.4. The third-order valence-electron chi connectivity index (χ3n) is 6.79. The Bertz CT molecular complexity index is 1360. The quantitative estimate of drug-likeness (QED) is 0.655. The fourth-order valence-electron chi connectivity index (χ4n) is 5.12. The summed E-state index contributed by atoms with van der Waals surface area (Å²) in [5, 5.41) is 24.7. The molecule has 1 amide bonds. The molecule has 1 fully saturated rings. The maximum Gasteiger partial charge on any atom is 0.249 e. The molecule has 5 rings (SSSR count). The van der Waals surface area contributed by atoms with Crippen LogP contribution >= 0.6 is 0 Å². The number of aliphatic hydroxyl groups excluding tert-OH is 1. The maximum atomic E-state index is 13.2. The van der Waals surface area contributed by atoms with Crippen molar-refractivity contribution in [3.63, 3.8) is 0 Å². The first kappa shape index (κ1) is 20.2. The minimum Gasteiger partial charge on any atom is -0.497 e. The smallest absolute Gasteiger partial charge is 0.249 e. The number of benzene rings is 2. The van der Waals surface area contributed by atoms with E-state index >= 15 is 0 Å². The average Bonchev–Trinajstić information content (AvgIpc) is 3.28. The summed E-state index contributed by atoms with van der Waals surface area (Å²) >= 11 is 0. The minimum absolute atomic E-state index is 0.0237. The van der Waals surface area contributed by atoms with Gasteiger partial charge in [0.15, 0.2) is 5.43 Å². The van der Waals surface area contributed by atoms with E-state index in [0.29, 0.717) is 17.0 Å². The molecule has 0 bridgehead atoms. The topological polar surface area (TPSA) is 116 Å². The molecule has 0 saturated carbocycles. The van der Waals surface area contributed by atoms with Crippen LogP contribution in [-0.2, 0) is 10.3 Å². The summed E-state index contributed by atoms with van der Waals surface area (Å²) in [6.07, 6.45) is -0.219. The van der Waals surface area contributed by atoms with Crippen LogP contribution in [0, 0.1) is 16.7 Å². The van der Waals surface area contributed by atoms with E-state index in [0.717, 1.165) is 5.56 Å². The van der Waals surface area contributed by atoms with E-state index in [2.05, 4.69) is 11.4 Å². The molecule has 0 radical (unpaired) electrons. The number of likely N-dealkylation sites (tertiary alicyclic amines) is 1. The lowest BCUT2D eigenvalue weighted by Crippen LogP contribution is -2.44. The van der Waals surface area contributed by atoms with Gasteiger partial charge in [-0.15, -0.1) is 0 Å². The summed E-state index contributed by atoms with van der Waals surface area (Å²) in [5.74, 6) is 0.228. The number of hydrogen-bond acceptors (Lipinski definition) is 7. The Balaban J connectivity index is 1.62. The van der Waals surface area contributed by atoms with E-state index in [1.807, 2.05) is 24.3 Å². The second-order valence-electron chi connectivity index (χ2n) is 8.45. The van der Waals surface area contributed by atoms with Gasteiger partial charge in [-0.05, 0) is 31.3 Å². The SMILES string of the molecule is COc1ccc2occ([C@@H](O)[C@]3(C#N)CN(C)[C@@]4(C3)C(=O)Nc3ccccc34)c(=O)c2c1. The van der Waals surface area contributed by atoms with Crippen molar-refractivity contribution in [2.45, 2.75) is 18.1 Å². The van der Waals surface area contributed by atoms with Gasteiger partial charge >= 0.3 is 0 Å². The van der Waals surface area contributed by atoms with Crippen molar-refractivity contribution in [3.05, 3.63) is 70.1 Å². The number of fused-ring (bicyclic) bond motifs is 3. The summed E-state index contributed by atoms with van der Waals surface area (Å²) in [4.78, 5) is 28.1. The van der Waals surface area contributed by atoms with Gasteiger partial charge in [0.05, 0.1) is 24.1 Å². The zero-order valence-corrected chi connectivity index (χ0v) is 17.6. The molecule has 8 heteroatoms. The maximum absolute atomic E-state index is 13.2. The van der Waals surface area contributed by atoms with E-state index in [-0.39, 0.29) is 29.8 Å². The molecule has 3 atom stereocenters. The second-order valence-corrected chi connectivity index (χ2v) is 8.45. The van der Waals surface area contributed by atoms with Crippen LogP contribution in [0.4, 0.5) is 5.69 Å². The van der Waals surface area contributed by atoms with Crippen LogP contribution in [-0.4, -0.2) is 36.6 Å². The van der Waals surface area contributed by atoms with Crippen LogP contribution in [0.1, 0.15) is 23.7 Å². The largest absolute Gasteiger partial charge is 0.497 e. The number of rotatable bonds is 3. The van der Waals surface area contributed by atoms with Crippen molar-refractivity contribution in [2.24, 2.45) is 5.41 Å². The van der Waals surface area contributed by atoms with Gasteiger partial charge in [-0.25, -0.2) is 0 Å². The fraction of sp³-hybridized carbons (Fsp3) is 0.292. The molecule has 2 N–H and O–H groups in total. The standard InChI is InChI=1S/C24H21N3O5/c1-27-13-23(12-25,11-24(27)17-5-3-4-6-18(17)26-22(24)30)21(29)16-10-32-19-8-7-14(31-2)9-15(19)20(16)28/h3-10,21,29H,11,13H2,1-2H3,(H,26,30)/t21-,23-,24-/m1/s1. The average molecular weight is 431 g/mol. The van der Waals surface area contributed by atoms with Crippen LogP contribution in [0.15, 0.2) is 57.9 Å². The first-order valence-corrected chi connectivity index (χ1v) is 10.2. The van der Waals surface area contributed by atoms with Gasteiger partial charge < -0.3 is 19.6 Å². The third kappa shape index (κ3) is 2.55. The van der Waals surface area contributed by atoms with Crippen molar-refractivity contribution in [1.29, 1.82) is 5.26 Å². The van der Waals surface area contributed by atoms with Crippen molar-refractivity contribution in [3.8, 4) is 11.8 Å². The number of aliphatic hydroxyl groups is 1. The predicted molar refractivity (Wildman–Crippen MR) is 116 cm³/mol. The van der Waals surface area contributed by atoms with Crippen LogP contribution in [0.2, 0.25) is 0 Å². The molecule has 2 aliphatic heterocycles. The number of ether oxygens (including phenoxy) is 1. The molecule has 0 unspecified atom stereocenters. The monoisotopic (exact) mass is 431 g/mol. The molecular weight excluding hydrogens is 410 g/mol. The lowest BCUT2D eigenvalue weighted by atomic mass is 9.73. The van der Waals surface area contributed by atoms with Crippen molar-refractivity contribution in [1.82, 2.24) is 4.90 Å². The highest BCUT2D eigenvalue weighted by atomic mass is 16.5. The lowest BCUT2D eigenvalue weighted by molar-refractivity contribution is -0.125. The highest BCUT2D eigenvalue weighted by Crippen LogP contribution is 2.55. The van der Waals surface area contributed by atoms with Crippen LogP contribution in [0.5, 0.6) is 5.75 Å². The minimum atomic E-state index is -1.46. The summed E-state index contributed by atoms with van der Waals surface area (Å²) < 4.78 is 10.8. The molecular formula is C24H21N3O5. The zero-order chi connectivity index (χ0) is 22.7. The first-order chi connectivity index (χ1) is 15.4. The molecule has 32 heavy (non-hydrogen) atoms. The van der Waals surface area contributed by atoms with Crippen LogP contribution in [0.3, 0.4) is 0 Å². The van der Waals surface area contributed by atoms with Gasteiger partial charge in [0.25, 0.3) is 0 Å². The Morgan fingerprint density at radius 3 is 2.81 bits per heavy atom. The van der Waals surface area contributed by atoms with Crippen LogP contribution < -0.4 is 15.5 Å². The van der Waals surface area contributed by atoms with Gasteiger partial charge in [0.1, 0.15) is 34.7 Å². The molecule has 162 valence electrons. The summed E-state index contributed by atoms with van der Waals surface area (Å²) in [5.41, 5.74) is -1.17. The molecule has 2 aliphatic rings. The molecule has 8 nitrogen and oxygen atoms in total. The number of nitrogens with one attached hydrogen (secondary N) is 1. The van der Waals surface area contributed by atoms with Gasteiger partial charge in [-0.3, -0.25) is 14.5 Å². The Labute approximate surface area is 183 Å². The number of carbonyl (C=O) groups is 1. The summed E-state index contributed by atoms with van der Waals surface area (Å²) in [6.45, 7) is 0.0992. The number of para-hydroxylation sites is 1. The third-order valence-corrected chi connectivity index (χ3v) is 6.79. The van der Waals surface area contributed by atoms with E-state index in [1.165, 1.54) is 13.4 Å². The number of nitrogens with zero attached hydrogens (tertiary/aromatic N) is 2. The normalized spacial score (nSPS) is 25.5. The number of methoxy groups -OCH3 is 1. The molecule has 0 aliphatic carbocycles. The van der Waals surface area contributed by atoms with Gasteiger partial charge in [0, 0.05) is 24.2 Å². The fourth-order valence-corrected chi connectivity index (χ4v) is 5.12. The first-order valence-electron chi connectivity index (χ1n) is 10.2. The van der Waals surface area contributed by atoms with Crippen molar-refractivity contribution < 1.29 is 19.1 Å². The van der Waals surface area contributed by atoms with E-state index in [4.69, 9.17) is 9.15 Å². The summed E-state index contributed by atoms with van der Waals surface area (Å²) in [7, 11) is 3.24. The van der Waals surface area contributed by atoms with Crippen molar-refractivity contribution >= 4 is 22.6 Å². The number of likely N-dealkylation sites (N-methyl/N-ethyl adjacent to an activating group) is 1. The highest BCUT2D eigenvalue weighted by Gasteiger charge is 2.63. The van der Waals surface area contributed by atoms with E-state index < -0.39 is 22.5 Å². The second kappa shape index (κ2) is 6.92. The van der Waals surface area contributed by atoms with Crippen molar-refractivity contribution in [2.75, 3.05) is 26.0 Å². The molecule has 3 heterocycles. The van der Waals surface area contributed by atoms with E-state index in [1.54, 1.807) is 30.1 Å². The Hall–Kier alpha value is -3.67. The number of hydrogen-bond donors (Lipinski definition) is 2. The van der Waals surface area contributed by atoms with Gasteiger partial charge in [-0.2, -0.15) is 5.26 Å². The molecule has 1 saturated heterocycles. The molecule has 1 aromatic heterocycles. The Morgan fingerprint density at radius 1 is 1.28 bits per heavy atom. The molecule has 3 aromatic rings. The highest BCUT2D eigenvalue weighted by molar-refractivity contribution is 6.06. The Morgan fingerprint density at radius 2 is 2.06 bits per heavy atom. The number of carbonyl (C=O) groups excluding carboxylic acids is 1. The predicted octanol–water partition coefficient (Wildman–Crippen LogP) is 2.53. The number of amides is 1. The number of nitriles is 1. The molecule has 1 spiro atoms. The number of anilines is 1. The molecule has 2 aromatic carbocycles. The van der Waals surface area contributed by atoms with Gasteiger partial charge in [0.2, 0.25) is 5.91 Å². The zero-order valence-electron chi connectivity index (χ0n) is 17.6. The van der Waals surface area contributed by atoms with Crippen LogP contribution in [0.25, 0.3) is 11.0 Å². The van der Waals surface area contributed by atoms with E-state index in [9.17, 15) is 20.0 Å². The lowest BCUT2D eigenvalue weighted by Gasteiger charge is -2.30. The van der Waals surface area contributed by atoms with Gasteiger partial charge in [-0.1, -0.05) is 18.2 Å².